The van der Waals surface area contributed by atoms with E-state index in [2.05, 4.69) is 10.1 Å². The summed E-state index contributed by atoms with van der Waals surface area (Å²) in [4.78, 5) is 13.4. The zero-order valence-electron chi connectivity index (χ0n) is 17.8. The fraction of sp³-hybridized carbons (Fsp3) is 0.450. The molecule has 13 heteroatoms. The number of carboxylic acids is 1. The van der Waals surface area contributed by atoms with Crippen molar-refractivity contribution in [3.05, 3.63) is 41.6 Å². The predicted molar refractivity (Wildman–Crippen MR) is 110 cm³/mol. The average Bonchev–Trinajstić information content (AvgIpc) is 3.43. The summed E-state index contributed by atoms with van der Waals surface area (Å²) < 4.78 is 74.6. The number of halogens is 4. The van der Waals surface area contributed by atoms with E-state index in [4.69, 9.17) is 20.2 Å². The zero-order valence-corrected chi connectivity index (χ0v) is 18.6. The molecule has 1 aliphatic carbocycles. The van der Waals surface area contributed by atoms with Crippen LogP contribution in [0.3, 0.4) is 0 Å². The standard InChI is InChI=1S/C18H22FN3O3S.C2HF3O2/c1-11(16(20)15(19)12-5-3-4-6-12)18-21-17(22-25-18)13-7-9-14(10-8-13)26(2,23)24;3-2(4,5)1(6)7/h7-11,16H,3-6,20H2,1-2H3;(H,6,7)/t11?,16-;/m0./s1. The van der Waals surface area contributed by atoms with Crippen LogP contribution < -0.4 is 5.73 Å². The molecule has 1 fully saturated rings. The number of carbonyl (C=O) groups is 1. The van der Waals surface area contributed by atoms with Gasteiger partial charge in [0.25, 0.3) is 0 Å². The highest BCUT2D eigenvalue weighted by atomic mass is 32.2. The third-order valence-electron chi connectivity index (χ3n) is 4.99. The van der Waals surface area contributed by atoms with Gasteiger partial charge in [0.2, 0.25) is 11.7 Å². The summed E-state index contributed by atoms with van der Waals surface area (Å²) in [5.41, 5.74) is 7.47. The van der Waals surface area contributed by atoms with Crippen LogP contribution in [0.2, 0.25) is 0 Å². The summed E-state index contributed by atoms with van der Waals surface area (Å²) in [6, 6.07) is 5.37. The molecule has 182 valence electrons. The second kappa shape index (κ2) is 10.4. The fourth-order valence-electron chi connectivity index (χ4n) is 3.04. The quantitative estimate of drug-likeness (QED) is 0.597. The van der Waals surface area contributed by atoms with Crippen molar-refractivity contribution in [3.63, 3.8) is 0 Å². The van der Waals surface area contributed by atoms with E-state index in [0.29, 0.717) is 11.4 Å². The van der Waals surface area contributed by atoms with E-state index in [-0.39, 0.29) is 16.6 Å². The average molecular weight is 493 g/mol. The maximum Gasteiger partial charge on any atom is 0.490 e. The van der Waals surface area contributed by atoms with Crippen molar-refractivity contribution in [2.75, 3.05) is 6.26 Å². The number of aliphatic carboxylic acids is 1. The van der Waals surface area contributed by atoms with Gasteiger partial charge in [-0.25, -0.2) is 17.6 Å². The van der Waals surface area contributed by atoms with Crippen LogP contribution in [-0.4, -0.2) is 48.1 Å². The Kier molecular flexibility index (Phi) is 8.36. The van der Waals surface area contributed by atoms with Crippen LogP contribution in [0.25, 0.3) is 11.4 Å². The number of nitrogens with zero attached hydrogens (tertiary/aromatic N) is 2. The van der Waals surface area contributed by atoms with Gasteiger partial charge in [-0.15, -0.1) is 0 Å². The number of nitrogens with two attached hydrogens (primary N) is 1. The van der Waals surface area contributed by atoms with Gasteiger partial charge in [-0.05, 0) is 55.5 Å². The minimum Gasteiger partial charge on any atom is -0.475 e. The summed E-state index contributed by atoms with van der Waals surface area (Å²) in [7, 11) is -3.27. The van der Waals surface area contributed by atoms with E-state index >= 15 is 0 Å². The Bertz CT molecular complexity index is 1100. The lowest BCUT2D eigenvalue weighted by molar-refractivity contribution is -0.192. The predicted octanol–water partition coefficient (Wildman–Crippen LogP) is 4.00. The van der Waals surface area contributed by atoms with Gasteiger partial charge in [0.1, 0.15) is 5.83 Å². The number of sulfone groups is 1. The number of allylic oxidation sites excluding steroid dienone is 1. The molecule has 2 aromatic rings. The molecule has 3 N–H and O–H groups in total. The van der Waals surface area contributed by atoms with Gasteiger partial charge in [0.05, 0.1) is 16.9 Å². The first-order chi connectivity index (χ1) is 15.2. The normalized spacial score (nSPS) is 16.0. The van der Waals surface area contributed by atoms with E-state index < -0.39 is 33.9 Å². The molecule has 0 radical (unpaired) electrons. The van der Waals surface area contributed by atoms with Crippen molar-refractivity contribution >= 4 is 15.8 Å². The van der Waals surface area contributed by atoms with Crippen molar-refractivity contribution in [1.82, 2.24) is 10.1 Å². The third-order valence-corrected chi connectivity index (χ3v) is 6.12. The summed E-state index contributed by atoms with van der Waals surface area (Å²) in [5.74, 6) is -2.92. The third kappa shape index (κ3) is 7.09. The van der Waals surface area contributed by atoms with E-state index in [1.807, 2.05) is 0 Å². The van der Waals surface area contributed by atoms with Gasteiger partial charge in [-0.2, -0.15) is 18.2 Å². The smallest absolute Gasteiger partial charge is 0.475 e. The molecule has 1 aliphatic rings. The van der Waals surface area contributed by atoms with E-state index in [1.54, 1.807) is 19.1 Å². The number of aromatic nitrogens is 2. The summed E-state index contributed by atoms with van der Waals surface area (Å²) in [6.45, 7) is 1.75. The second-order valence-electron chi connectivity index (χ2n) is 7.53. The summed E-state index contributed by atoms with van der Waals surface area (Å²) in [6.07, 6.45) is -0.428. The van der Waals surface area contributed by atoms with E-state index in [1.165, 1.54) is 12.1 Å². The van der Waals surface area contributed by atoms with E-state index in [0.717, 1.165) is 37.5 Å². The minimum atomic E-state index is -5.08. The molecule has 8 nitrogen and oxygen atoms in total. The zero-order chi connectivity index (χ0) is 25.0. The highest BCUT2D eigenvalue weighted by Gasteiger charge is 2.38. The molecule has 33 heavy (non-hydrogen) atoms. The van der Waals surface area contributed by atoms with Crippen LogP contribution in [0.1, 0.15) is 44.4 Å². The lowest BCUT2D eigenvalue weighted by atomic mass is 9.98. The molecule has 2 atom stereocenters. The maximum absolute atomic E-state index is 14.5. The minimum absolute atomic E-state index is 0.214. The first-order valence-corrected chi connectivity index (χ1v) is 11.7. The number of carboxylic acid groups (broad SMARTS) is 1. The molecule has 3 rings (SSSR count). The number of hydrogen-bond donors (Lipinski definition) is 2. The SMILES string of the molecule is CC(c1nc(-c2ccc(S(C)(=O)=O)cc2)no1)[C@H](N)C(F)=C1CCCC1.O=C(O)C(F)(F)F. The molecule has 0 aliphatic heterocycles. The number of benzene rings is 1. The van der Waals surface area contributed by atoms with Gasteiger partial charge in [0, 0.05) is 11.8 Å². The number of hydrogen-bond acceptors (Lipinski definition) is 7. The highest BCUT2D eigenvalue weighted by molar-refractivity contribution is 7.90. The van der Waals surface area contributed by atoms with Crippen LogP contribution >= 0.6 is 0 Å². The van der Waals surface area contributed by atoms with Crippen LogP contribution in [0.15, 0.2) is 45.1 Å². The molecule has 0 amide bonds. The Morgan fingerprint density at radius 3 is 2.15 bits per heavy atom. The van der Waals surface area contributed by atoms with Gasteiger partial charge in [0.15, 0.2) is 9.84 Å². The first-order valence-electron chi connectivity index (χ1n) is 9.79. The number of rotatable bonds is 5. The molecule has 0 bridgehead atoms. The Labute approximate surface area is 187 Å². The molecule has 1 aromatic heterocycles. The molecular weight excluding hydrogens is 470 g/mol. The van der Waals surface area contributed by atoms with Crippen molar-refractivity contribution in [2.24, 2.45) is 5.73 Å². The second-order valence-corrected chi connectivity index (χ2v) is 9.54. The Morgan fingerprint density at radius 1 is 1.18 bits per heavy atom. The monoisotopic (exact) mass is 493 g/mol. The Balaban J connectivity index is 0.000000479. The Morgan fingerprint density at radius 2 is 1.70 bits per heavy atom. The fourth-order valence-corrected chi connectivity index (χ4v) is 3.67. The molecule has 1 unspecified atom stereocenters. The van der Waals surface area contributed by atoms with Gasteiger partial charge >= 0.3 is 12.1 Å². The van der Waals surface area contributed by atoms with Gasteiger partial charge in [-0.1, -0.05) is 12.1 Å². The molecule has 1 heterocycles. The van der Waals surface area contributed by atoms with E-state index in [9.17, 15) is 26.0 Å². The molecule has 1 aromatic carbocycles. The molecule has 0 saturated heterocycles. The van der Waals surface area contributed by atoms with Crippen molar-refractivity contribution in [1.29, 1.82) is 0 Å². The summed E-state index contributed by atoms with van der Waals surface area (Å²) >= 11 is 0. The molecule has 1 saturated carbocycles. The molecular formula is C20H23F4N3O5S. The van der Waals surface area contributed by atoms with Crippen molar-refractivity contribution in [2.45, 2.75) is 55.6 Å². The maximum atomic E-state index is 14.5. The Hall–Kier alpha value is -2.80. The first kappa shape index (κ1) is 26.5. The van der Waals surface area contributed by atoms with Gasteiger partial charge < -0.3 is 15.4 Å². The van der Waals surface area contributed by atoms with Crippen LogP contribution in [0.4, 0.5) is 17.6 Å². The van der Waals surface area contributed by atoms with Crippen molar-refractivity contribution in [3.8, 4) is 11.4 Å². The highest BCUT2D eigenvalue weighted by Crippen LogP contribution is 2.32. The lowest BCUT2D eigenvalue weighted by Gasteiger charge is -2.16. The molecule has 0 spiro atoms. The van der Waals surface area contributed by atoms with Gasteiger partial charge in [-0.3, -0.25) is 0 Å². The van der Waals surface area contributed by atoms with Crippen LogP contribution in [0, 0.1) is 0 Å². The largest absolute Gasteiger partial charge is 0.490 e. The topological polar surface area (TPSA) is 136 Å². The van der Waals surface area contributed by atoms with Crippen molar-refractivity contribution < 1.29 is 40.4 Å². The lowest BCUT2D eigenvalue weighted by Crippen LogP contribution is -2.28. The number of alkyl halides is 3. The summed E-state index contributed by atoms with van der Waals surface area (Å²) in [5, 5.41) is 11.0. The van der Waals surface area contributed by atoms with Crippen LogP contribution in [0.5, 0.6) is 0 Å². The van der Waals surface area contributed by atoms with Crippen LogP contribution in [-0.2, 0) is 14.6 Å².